The molecule has 0 aliphatic carbocycles. The van der Waals surface area contributed by atoms with Gasteiger partial charge in [0.1, 0.15) is 5.78 Å². The van der Waals surface area contributed by atoms with Crippen LogP contribution in [0.3, 0.4) is 0 Å². The standard InChI is InChI=1S/C14H24O/c1-5-12(2)8-6-9-13(3)10-7-11-14(4)15/h8,10H,5-7,9,11H2,1-4H3. The van der Waals surface area contributed by atoms with Crippen molar-refractivity contribution in [2.24, 2.45) is 0 Å². The van der Waals surface area contributed by atoms with Crippen molar-refractivity contribution in [1.82, 2.24) is 0 Å². The Kier molecular flexibility index (Phi) is 7.98. The molecule has 0 radical (unpaired) electrons. The minimum absolute atomic E-state index is 0.278. The Morgan fingerprint density at radius 1 is 0.933 bits per heavy atom. The van der Waals surface area contributed by atoms with E-state index in [1.807, 2.05) is 0 Å². The summed E-state index contributed by atoms with van der Waals surface area (Å²) < 4.78 is 0. The molecule has 86 valence electrons. The lowest BCUT2D eigenvalue weighted by Crippen LogP contribution is -1.87. The van der Waals surface area contributed by atoms with E-state index in [2.05, 4.69) is 32.9 Å². The summed E-state index contributed by atoms with van der Waals surface area (Å²) in [6.45, 7) is 8.15. The van der Waals surface area contributed by atoms with E-state index in [0.717, 1.165) is 25.7 Å². The van der Waals surface area contributed by atoms with Gasteiger partial charge in [-0.3, -0.25) is 0 Å². The number of carbonyl (C=O) groups is 1. The highest BCUT2D eigenvalue weighted by Crippen LogP contribution is 2.09. The van der Waals surface area contributed by atoms with E-state index < -0.39 is 0 Å². The summed E-state index contributed by atoms with van der Waals surface area (Å²) in [5.41, 5.74) is 2.86. The predicted molar refractivity (Wildman–Crippen MR) is 67.0 cm³/mol. The predicted octanol–water partition coefficient (Wildman–Crippen LogP) is 4.44. The van der Waals surface area contributed by atoms with Crippen LogP contribution in [0.5, 0.6) is 0 Å². The van der Waals surface area contributed by atoms with Crippen LogP contribution >= 0.6 is 0 Å². The third kappa shape index (κ3) is 9.45. The summed E-state index contributed by atoms with van der Waals surface area (Å²) in [6, 6.07) is 0. The van der Waals surface area contributed by atoms with Crippen LogP contribution in [0.4, 0.5) is 0 Å². The van der Waals surface area contributed by atoms with Gasteiger partial charge in [0.05, 0.1) is 0 Å². The molecule has 0 aromatic rings. The number of allylic oxidation sites excluding steroid dienone is 4. The van der Waals surface area contributed by atoms with Gasteiger partial charge in [0.15, 0.2) is 0 Å². The van der Waals surface area contributed by atoms with Gasteiger partial charge in [-0.25, -0.2) is 0 Å². The molecule has 0 amide bonds. The molecule has 0 aliphatic heterocycles. The number of ketones is 1. The van der Waals surface area contributed by atoms with Gasteiger partial charge in [0.2, 0.25) is 0 Å². The lowest BCUT2D eigenvalue weighted by Gasteiger charge is -1.99. The van der Waals surface area contributed by atoms with Crippen LogP contribution in [0, 0.1) is 0 Å². The molecule has 15 heavy (non-hydrogen) atoms. The summed E-state index contributed by atoms with van der Waals surface area (Å²) in [4.78, 5) is 10.7. The molecule has 0 aromatic carbocycles. The zero-order valence-electron chi connectivity index (χ0n) is 10.6. The molecule has 0 spiro atoms. The lowest BCUT2D eigenvalue weighted by molar-refractivity contribution is -0.116. The van der Waals surface area contributed by atoms with Crippen molar-refractivity contribution in [3.05, 3.63) is 23.3 Å². The topological polar surface area (TPSA) is 17.1 Å². The highest BCUT2D eigenvalue weighted by atomic mass is 16.1. The fourth-order valence-electron chi connectivity index (χ4n) is 1.31. The quantitative estimate of drug-likeness (QED) is 0.565. The van der Waals surface area contributed by atoms with Crippen LogP contribution in [0.15, 0.2) is 23.3 Å². The van der Waals surface area contributed by atoms with Gasteiger partial charge in [-0.05, 0) is 46.5 Å². The number of hydrogen-bond donors (Lipinski definition) is 0. The van der Waals surface area contributed by atoms with Gasteiger partial charge in [-0.2, -0.15) is 0 Å². The monoisotopic (exact) mass is 208 g/mol. The first-order valence-electron chi connectivity index (χ1n) is 5.87. The van der Waals surface area contributed by atoms with Crippen molar-refractivity contribution in [2.75, 3.05) is 0 Å². The van der Waals surface area contributed by atoms with Crippen LogP contribution < -0.4 is 0 Å². The molecule has 1 nitrogen and oxygen atoms in total. The number of Topliss-reactive ketones (excluding diaryl/α,β-unsaturated/α-hetero) is 1. The molecule has 0 bridgehead atoms. The van der Waals surface area contributed by atoms with Crippen LogP contribution in [0.2, 0.25) is 0 Å². The third-order valence-corrected chi connectivity index (χ3v) is 2.58. The molecule has 0 aliphatic rings. The zero-order chi connectivity index (χ0) is 11.7. The van der Waals surface area contributed by atoms with E-state index in [1.54, 1.807) is 6.92 Å². The molecule has 0 rings (SSSR count). The molecule has 0 N–H and O–H groups in total. The van der Waals surface area contributed by atoms with E-state index in [4.69, 9.17) is 0 Å². The third-order valence-electron chi connectivity index (χ3n) is 2.58. The lowest BCUT2D eigenvalue weighted by atomic mass is 10.1. The maximum Gasteiger partial charge on any atom is 0.130 e. The van der Waals surface area contributed by atoms with Gasteiger partial charge >= 0.3 is 0 Å². The van der Waals surface area contributed by atoms with Crippen molar-refractivity contribution < 1.29 is 4.79 Å². The van der Waals surface area contributed by atoms with Gasteiger partial charge in [0.25, 0.3) is 0 Å². The van der Waals surface area contributed by atoms with E-state index in [9.17, 15) is 4.79 Å². The average Bonchev–Trinajstić information content (AvgIpc) is 2.17. The summed E-state index contributed by atoms with van der Waals surface area (Å²) in [7, 11) is 0. The van der Waals surface area contributed by atoms with Crippen molar-refractivity contribution in [2.45, 2.75) is 59.8 Å². The Balaban J connectivity index is 3.73. The molecule has 0 atom stereocenters. The first-order chi connectivity index (χ1) is 7.06. The van der Waals surface area contributed by atoms with Crippen molar-refractivity contribution in [3.8, 4) is 0 Å². The van der Waals surface area contributed by atoms with Gasteiger partial charge in [-0.15, -0.1) is 0 Å². The van der Waals surface area contributed by atoms with Crippen molar-refractivity contribution in [1.29, 1.82) is 0 Å². The Hall–Kier alpha value is -0.850. The zero-order valence-corrected chi connectivity index (χ0v) is 10.6. The number of hydrogen-bond acceptors (Lipinski definition) is 1. The Morgan fingerprint density at radius 2 is 1.47 bits per heavy atom. The molecule has 0 unspecified atom stereocenters. The van der Waals surface area contributed by atoms with Crippen LogP contribution in [0.1, 0.15) is 59.8 Å². The SMILES string of the molecule is CCC(C)=CCCC(C)=CCCC(C)=O. The van der Waals surface area contributed by atoms with Gasteiger partial charge in [-0.1, -0.05) is 30.2 Å². The summed E-state index contributed by atoms with van der Waals surface area (Å²) in [6.07, 6.45) is 9.47. The van der Waals surface area contributed by atoms with Crippen molar-refractivity contribution >= 4 is 5.78 Å². The van der Waals surface area contributed by atoms with Gasteiger partial charge < -0.3 is 4.79 Å². The first-order valence-corrected chi connectivity index (χ1v) is 5.87. The molecule has 1 heteroatoms. The molecular formula is C14H24O. The highest BCUT2D eigenvalue weighted by molar-refractivity contribution is 5.75. The average molecular weight is 208 g/mol. The van der Waals surface area contributed by atoms with E-state index >= 15 is 0 Å². The number of rotatable bonds is 7. The second kappa shape index (κ2) is 8.46. The second-order valence-electron chi connectivity index (χ2n) is 4.23. The molecule has 0 saturated carbocycles. The summed E-state index contributed by atoms with van der Waals surface area (Å²) in [5.74, 6) is 0.278. The summed E-state index contributed by atoms with van der Waals surface area (Å²) in [5, 5.41) is 0. The first kappa shape index (κ1) is 14.2. The molecule has 0 heterocycles. The van der Waals surface area contributed by atoms with Crippen LogP contribution in [0.25, 0.3) is 0 Å². The Morgan fingerprint density at radius 3 is 2.00 bits per heavy atom. The normalized spacial score (nSPS) is 13.1. The Labute approximate surface area is 94.3 Å². The smallest absolute Gasteiger partial charge is 0.130 e. The molecule has 0 aromatic heterocycles. The van der Waals surface area contributed by atoms with Gasteiger partial charge in [0, 0.05) is 6.42 Å². The minimum Gasteiger partial charge on any atom is -0.300 e. The maximum atomic E-state index is 10.7. The maximum absolute atomic E-state index is 10.7. The molecular weight excluding hydrogens is 184 g/mol. The fraction of sp³-hybridized carbons (Fsp3) is 0.643. The largest absolute Gasteiger partial charge is 0.300 e. The summed E-state index contributed by atoms with van der Waals surface area (Å²) >= 11 is 0. The van der Waals surface area contributed by atoms with Crippen LogP contribution in [-0.4, -0.2) is 5.78 Å². The molecule has 0 fully saturated rings. The Bertz CT molecular complexity index is 246. The van der Waals surface area contributed by atoms with E-state index in [1.165, 1.54) is 11.1 Å². The fourth-order valence-corrected chi connectivity index (χ4v) is 1.31. The second-order valence-corrected chi connectivity index (χ2v) is 4.23. The van der Waals surface area contributed by atoms with E-state index in [-0.39, 0.29) is 5.78 Å². The number of carbonyl (C=O) groups excluding carboxylic acids is 1. The van der Waals surface area contributed by atoms with E-state index in [0.29, 0.717) is 6.42 Å². The van der Waals surface area contributed by atoms with Crippen LogP contribution in [-0.2, 0) is 4.79 Å². The highest BCUT2D eigenvalue weighted by Gasteiger charge is 1.92. The molecule has 0 saturated heterocycles. The van der Waals surface area contributed by atoms with Crippen molar-refractivity contribution in [3.63, 3.8) is 0 Å². The minimum atomic E-state index is 0.278.